The number of fused-ring (bicyclic) bond motifs is 1. The number of nitrogens with one attached hydrogen (secondary N) is 3. The van der Waals surface area contributed by atoms with E-state index >= 15 is 0 Å². The summed E-state index contributed by atoms with van der Waals surface area (Å²) in [5.74, 6) is 0.904. The number of rotatable bonds is 9. The molecule has 0 unspecified atom stereocenters. The zero-order chi connectivity index (χ0) is 29.3. The molecule has 13 heteroatoms. The highest BCUT2D eigenvalue weighted by Gasteiger charge is 2.24. The lowest BCUT2D eigenvalue weighted by Crippen LogP contribution is -2.33. The molecule has 0 radical (unpaired) electrons. The normalized spacial score (nSPS) is 16.8. The van der Waals surface area contributed by atoms with E-state index in [-0.39, 0.29) is 22.5 Å². The summed E-state index contributed by atoms with van der Waals surface area (Å²) in [5.41, 5.74) is 2.97. The van der Waals surface area contributed by atoms with E-state index in [0.29, 0.717) is 23.9 Å². The van der Waals surface area contributed by atoms with Crippen molar-refractivity contribution in [2.24, 2.45) is 5.92 Å². The third-order valence-corrected chi connectivity index (χ3v) is 10.2. The van der Waals surface area contributed by atoms with Gasteiger partial charge >= 0.3 is 5.69 Å². The first kappa shape index (κ1) is 28.1. The lowest BCUT2D eigenvalue weighted by Gasteiger charge is -2.33. The highest BCUT2D eigenvalue weighted by molar-refractivity contribution is 7.91. The number of aromatic amines is 2. The van der Waals surface area contributed by atoms with Crippen molar-refractivity contribution in [1.29, 1.82) is 0 Å². The first-order valence-corrected chi connectivity index (χ1v) is 16.3. The van der Waals surface area contributed by atoms with Crippen molar-refractivity contribution in [3.63, 3.8) is 0 Å². The Labute approximate surface area is 243 Å². The van der Waals surface area contributed by atoms with Crippen molar-refractivity contribution in [2.45, 2.75) is 69.5 Å². The van der Waals surface area contributed by atoms with Crippen LogP contribution >= 0.6 is 0 Å². The Morgan fingerprint density at radius 2 is 1.79 bits per heavy atom. The third kappa shape index (κ3) is 5.96. The maximum atomic E-state index is 12.9. The molecule has 222 valence electrons. The van der Waals surface area contributed by atoms with Gasteiger partial charge in [-0.2, -0.15) is 4.98 Å². The number of piperidine rings is 1. The van der Waals surface area contributed by atoms with Crippen LogP contribution in [0.5, 0.6) is 0 Å². The molecule has 1 aromatic carbocycles. The number of aromatic nitrogens is 6. The predicted molar refractivity (Wildman–Crippen MR) is 161 cm³/mol. The molecule has 3 N–H and O–H groups in total. The van der Waals surface area contributed by atoms with Crippen LogP contribution < -0.4 is 21.5 Å². The molecule has 6 rings (SSSR count). The predicted octanol–water partition coefficient (Wildman–Crippen LogP) is 3.84. The Morgan fingerprint density at radius 3 is 2.48 bits per heavy atom. The van der Waals surface area contributed by atoms with Gasteiger partial charge in [-0.3, -0.25) is 14.3 Å². The zero-order valence-corrected chi connectivity index (χ0v) is 24.5. The molecule has 3 aromatic heterocycles. The number of aryl methyl sites for hydroxylation is 1. The zero-order valence-electron chi connectivity index (χ0n) is 23.7. The van der Waals surface area contributed by atoms with Crippen molar-refractivity contribution in [3.05, 3.63) is 62.9 Å². The SMILES string of the molecule is Cc1cc(=O)n(C2CCCC2)c2nc(Nc3ccc(N4CCC(CCCS(=O)(=O)c5n[nH]c(=O)[nH]5)CC4)cc3)ncc12. The van der Waals surface area contributed by atoms with E-state index < -0.39 is 15.5 Å². The monoisotopic (exact) mass is 592 g/mol. The van der Waals surface area contributed by atoms with Crippen LogP contribution in [0.3, 0.4) is 0 Å². The fraction of sp³-hybridized carbons (Fsp3) is 0.483. The average Bonchev–Trinajstić information content (AvgIpc) is 3.67. The molecule has 0 atom stereocenters. The van der Waals surface area contributed by atoms with Crippen LogP contribution in [0.4, 0.5) is 17.3 Å². The van der Waals surface area contributed by atoms with E-state index in [1.54, 1.807) is 12.3 Å². The van der Waals surface area contributed by atoms with E-state index in [1.165, 1.54) is 0 Å². The molecular weight excluding hydrogens is 556 g/mol. The summed E-state index contributed by atoms with van der Waals surface area (Å²) in [5, 5.41) is 9.58. The van der Waals surface area contributed by atoms with Gasteiger partial charge in [0.15, 0.2) is 0 Å². The van der Waals surface area contributed by atoms with Crippen molar-refractivity contribution in [3.8, 4) is 0 Å². The number of hydrogen-bond donors (Lipinski definition) is 3. The summed E-state index contributed by atoms with van der Waals surface area (Å²) in [4.78, 5) is 38.0. The Balaban J connectivity index is 1.05. The lowest BCUT2D eigenvalue weighted by atomic mass is 9.92. The van der Waals surface area contributed by atoms with Gasteiger partial charge in [-0.1, -0.05) is 12.8 Å². The molecule has 12 nitrogen and oxygen atoms in total. The third-order valence-electron chi connectivity index (χ3n) is 8.59. The number of pyridine rings is 1. The second-order valence-electron chi connectivity index (χ2n) is 11.5. The molecule has 0 spiro atoms. The molecule has 0 amide bonds. The second-order valence-corrected chi connectivity index (χ2v) is 13.5. The molecular formula is C29H36N8O4S. The summed E-state index contributed by atoms with van der Waals surface area (Å²) < 4.78 is 26.5. The lowest BCUT2D eigenvalue weighted by molar-refractivity contribution is 0.378. The van der Waals surface area contributed by atoms with Gasteiger partial charge in [-0.25, -0.2) is 23.3 Å². The summed E-state index contributed by atoms with van der Waals surface area (Å²) >= 11 is 0. The highest BCUT2D eigenvalue weighted by Crippen LogP contribution is 2.32. The number of anilines is 3. The van der Waals surface area contributed by atoms with Crippen LogP contribution in [0.2, 0.25) is 0 Å². The Bertz CT molecular complexity index is 1780. The summed E-state index contributed by atoms with van der Waals surface area (Å²) in [6.45, 7) is 3.74. The van der Waals surface area contributed by atoms with Crippen LogP contribution in [-0.4, -0.2) is 57.0 Å². The van der Waals surface area contributed by atoms with Gasteiger partial charge < -0.3 is 10.2 Å². The van der Waals surface area contributed by atoms with Crippen LogP contribution in [0, 0.1) is 12.8 Å². The molecule has 1 aliphatic heterocycles. The molecule has 1 saturated carbocycles. The van der Waals surface area contributed by atoms with E-state index in [2.05, 4.69) is 42.5 Å². The Hall–Kier alpha value is -4.00. The summed E-state index contributed by atoms with van der Waals surface area (Å²) in [6, 6.07) is 10.1. The summed E-state index contributed by atoms with van der Waals surface area (Å²) in [7, 11) is -3.58. The number of H-pyrrole nitrogens is 2. The van der Waals surface area contributed by atoms with Crippen molar-refractivity contribution < 1.29 is 8.42 Å². The number of nitrogens with zero attached hydrogens (tertiary/aromatic N) is 5. The smallest absolute Gasteiger partial charge is 0.341 e. The van der Waals surface area contributed by atoms with Crippen LogP contribution in [0.15, 0.2) is 51.3 Å². The minimum atomic E-state index is -3.58. The fourth-order valence-corrected chi connectivity index (χ4v) is 7.45. The highest BCUT2D eigenvalue weighted by atomic mass is 32.2. The van der Waals surface area contributed by atoms with E-state index in [1.807, 2.05) is 23.6 Å². The van der Waals surface area contributed by atoms with Gasteiger partial charge in [0, 0.05) is 48.2 Å². The van der Waals surface area contributed by atoms with Crippen molar-refractivity contribution in [2.75, 3.05) is 29.1 Å². The second kappa shape index (κ2) is 11.7. The van der Waals surface area contributed by atoms with Crippen LogP contribution in [-0.2, 0) is 9.84 Å². The molecule has 1 saturated heterocycles. The molecule has 1 aliphatic carbocycles. The van der Waals surface area contributed by atoms with Gasteiger partial charge in [-0.05, 0) is 81.2 Å². The maximum absolute atomic E-state index is 12.9. The number of hydrogen-bond acceptors (Lipinski definition) is 9. The number of sulfone groups is 1. The molecule has 2 fully saturated rings. The summed E-state index contributed by atoms with van der Waals surface area (Å²) in [6.07, 6.45) is 9.41. The van der Waals surface area contributed by atoms with Crippen molar-refractivity contribution in [1.82, 2.24) is 29.7 Å². The van der Waals surface area contributed by atoms with Crippen LogP contribution in [0.25, 0.3) is 11.0 Å². The Morgan fingerprint density at radius 1 is 1.05 bits per heavy atom. The van der Waals surface area contributed by atoms with E-state index in [9.17, 15) is 18.0 Å². The Kier molecular flexibility index (Phi) is 7.84. The topological polar surface area (TPSA) is 159 Å². The standard InChI is InChI=1S/C29H36N8O4S/c1-19-17-25(38)37(23-6-2-3-7-23)26-24(19)18-30-27(32-26)31-21-8-10-22(11-9-21)36-14-12-20(13-15-36)5-4-16-42(40,41)29-33-28(39)34-35-29/h8-11,17-18,20,23H,2-7,12-16H2,1H3,(H,30,31,32)(H2,33,34,35,39). The molecule has 4 aromatic rings. The van der Waals surface area contributed by atoms with Gasteiger partial charge in [0.2, 0.25) is 20.9 Å². The van der Waals surface area contributed by atoms with Crippen molar-refractivity contribution >= 4 is 38.2 Å². The van der Waals surface area contributed by atoms with Gasteiger partial charge in [0.1, 0.15) is 5.65 Å². The molecule has 4 heterocycles. The quantitative estimate of drug-likeness (QED) is 0.262. The maximum Gasteiger partial charge on any atom is 0.341 e. The van der Waals surface area contributed by atoms with Crippen LogP contribution in [0.1, 0.15) is 63.0 Å². The number of benzene rings is 1. The first-order chi connectivity index (χ1) is 20.3. The average molecular weight is 593 g/mol. The molecule has 0 bridgehead atoms. The molecule has 42 heavy (non-hydrogen) atoms. The fourth-order valence-electron chi connectivity index (χ4n) is 6.27. The molecule has 2 aliphatic rings. The van der Waals surface area contributed by atoms with Gasteiger partial charge in [0.05, 0.1) is 5.75 Å². The minimum Gasteiger partial charge on any atom is -0.372 e. The first-order valence-electron chi connectivity index (χ1n) is 14.7. The minimum absolute atomic E-state index is 0.00118. The largest absolute Gasteiger partial charge is 0.372 e. The van der Waals surface area contributed by atoms with E-state index in [4.69, 9.17) is 4.98 Å². The van der Waals surface area contributed by atoms with Gasteiger partial charge in [-0.15, -0.1) is 5.10 Å². The van der Waals surface area contributed by atoms with Gasteiger partial charge in [0.25, 0.3) is 5.56 Å². The van der Waals surface area contributed by atoms with E-state index in [0.717, 1.165) is 80.4 Å².